The average molecular weight is 190 g/mol. The Morgan fingerprint density at radius 2 is 2.15 bits per heavy atom. The molecule has 0 saturated heterocycles. The summed E-state index contributed by atoms with van der Waals surface area (Å²) in [6, 6.07) is 7.38. The van der Waals surface area contributed by atoms with Crippen molar-refractivity contribution in [2.24, 2.45) is 0 Å². The average Bonchev–Trinajstić information content (AvgIpc) is 2.71. The Bertz CT molecular complexity index is 394. The molecule has 0 aliphatic rings. The molecule has 0 bridgehead atoms. The highest BCUT2D eigenvalue weighted by atomic mass is 32.1. The fourth-order valence-corrected chi connectivity index (χ4v) is 1.65. The first-order valence-corrected chi connectivity index (χ1v) is 4.61. The summed E-state index contributed by atoms with van der Waals surface area (Å²) in [5.41, 5.74) is 1.17. The number of hydrogen-bond donors (Lipinski definition) is 0. The smallest absolute Gasteiger partial charge is 0.170 e. The van der Waals surface area contributed by atoms with Gasteiger partial charge in [-0.3, -0.25) is 4.79 Å². The maximum atomic E-state index is 10.3. The minimum atomic E-state index is 0.361. The van der Waals surface area contributed by atoms with Crippen LogP contribution in [-0.4, -0.2) is 16.5 Å². The third-order valence-electron chi connectivity index (χ3n) is 1.58. The van der Waals surface area contributed by atoms with Gasteiger partial charge in [-0.2, -0.15) is 0 Å². The first kappa shape index (κ1) is 8.07. The summed E-state index contributed by atoms with van der Waals surface area (Å²) in [4.78, 5) is 11.4. The molecule has 2 heterocycles. The molecular formula is C9H6N2OS. The van der Waals surface area contributed by atoms with Crippen molar-refractivity contribution in [2.45, 2.75) is 0 Å². The van der Waals surface area contributed by atoms with E-state index in [-0.39, 0.29) is 0 Å². The largest absolute Gasteiger partial charge is 0.296 e. The molecule has 0 fully saturated rings. The fourth-order valence-electron chi connectivity index (χ4n) is 0.961. The summed E-state index contributed by atoms with van der Waals surface area (Å²) in [5, 5.41) is 9.64. The summed E-state index contributed by atoms with van der Waals surface area (Å²) < 4.78 is 0. The molecule has 2 aromatic rings. The maximum absolute atomic E-state index is 10.3. The van der Waals surface area contributed by atoms with Crippen molar-refractivity contribution in [3.63, 3.8) is 0 Å². The molecule has 0 saturated carbocycles. The molecule has 3 nitrogen and oxygen atoms in total. The van der Waals surface area contributed by atoms with E-state index < -0.39 is 0 Å². The van der Waals surface area contributed by atoms with Gasteiger partial charge >= 0.3 is 0 Å². The van der Waals surface area contributed by atoms with Crippen LogP contribution in [-0.2, 0) is 0 Å². The number of aromatic nitrogens is 2. The standard InChI is InChI=1S/C9H6N2OS/c12-6-7-3-4-8(11-10-7)9-2-1-5-13-9/h1-6H. The Hall–Kier alpha value is -1.55. The van der Waals surface area contributed by atoms with Crippen LogP contribution >= 0.6 is 11.3 Å². The normalized spacial score (nSPS) is 9.85. The van der Waals surface area contributed by atoms with Gasteiger partial charge in [0, 0.05) is 0 Å². The van der Waals surface area contributed by atoms with Gasteiger partial charge in [0.1, 0.15) is 11.4 Å². The van der Waals surface area contributed by atoms with Crippen molar-refractivity contribution in [1.29, 1.82) is 0 Å². The van der Waals surface area contributed by atoms with E-state index in [4.69, 9.17) is 0 Å². The van der Waals surface area contributed by atoms with Crippen molar-refractivity contribution in [3.05, 3.63) is 35.3 Å². The lowest BCUT2D eigenvalue weighted by atomic mass is 10.3. The van der Waals surface area contributed by atoms with Gasteiger partial charge in [0.2, 0.25) is 0 Å². The molecular weight excluding hydrogens is 184 g/mol. The quantitative estimate of drug-likeness (QED) is 0.680. The van der Waals surface area contributed by atoms with Gasteiger partial charge < -0.3 is 0 Å². The lowest BCUT2D eigenvalue weighted by Gasteiger charge is -1.93. The van der Waals surface area contributed by atoms with Crippen molar-refractivity contribution < 1.29 is 4.79 Å². The first-order chi connectivity index (χ1) is 6.40. The zero-order valence-corrected chi connectivity index (χ0v) is 7.49. The second-order valence-corrected chi connectivity index (χ2v) is 3.39. The third kappa shape index (κ3) is 1.62. The molecule has 2 aromatic heterocycles. The summed E-state index contributed by atoms with van der Waals surface area (Å²) in [5.74, 6) is 0. The minimum Gasteiger partial charge on any atom is -0.296 e. The summed E-state index contributed by atoms with van der Waals surface area (Å²) in [6.45, 7) is 0. The molecule has 0 unspecified atom stereocenters. The molecule has 0 aromatic carbocycles. The zero-order valence-electron chi connectivity index (χ0n) is 6.68. The molecule has 4 heteroatoms. The van der Waals surface area contributed by atoms with E-state index >= 15 is 0 Å². The Labute approximate surface area is 79.1 Å². The number of aldehydes is 1. The van der Waals surface area contributed by atoms with E-state index in [9.17, 15) is 4.79 Å². The van der Waals surface area contributed by atoms with E-state index in [2.05, 4.69) is 10.2 Å². The predicted octanol–water partition coefficient (Wildman–Crippen LogP) is 2.02. The van der Waals surface area contributed by atoms with Gasteiger partial charge in [0.25, 0.3) is 0 Å². The van der Waals surface area contributed by atoms with E-state index in [1.807, 2.05) is 17.5 Å². The zero-order chi connectivity index (χ0) is 9.10. The molecule has 0 amide bonds. The number of nitrogens with zero attached hydrogens (tertiary/aromatic N) is 2. The van der Waals surface area contributed by atoms with Crippen molar-refractivity contribution >= 4 is 17.6 Å². The highest BCUT2D eigenvalue weighted by Gasteiger charge is 2.00. The van der Waals surface area contributed by atoms with Crippen LogP contribution in [0, 0.1) is 0 Å². The molecule has 0 aliphatic heterocycles. The molecule has 0 aliphatic carbocycles. The van der Waals surface area contributed by atoms with Crippen LogP contribution < -0.4 is 0 Å². The second-order valence-electron chi connectivity index (χ2n) is 2.44. The van der Waals surface area contributed by atoms with Crippen LogP contribution in [0.1, 0.15) is 10.5 Å². The number of carbonyl (C=O) groups is 1. The highest BCUT2D eigenvalue weighted by Crippen LogP contribution is 2.21. The van der Waals surface area contributed by atoms with E-state index in [1.165, 1.54) is 0 Å². The van der Waals surface area contributed by atoms with Gasteiger partial charge in [-0.1, -0.05) is 6.07 Å². The summed E-state index contributed by atoms with van der Waals surface area (Å²) >= 11 is 1.60. The van der Waals surface area contributed by atoms with Crippen molar-refractivity contribution in [1.82, 2.24) is 10.2 Å². The second kappa shape index (κ2) is 3.45. The van der Waals surface area contributed by atoms with Gasteiger partial charge in [0.05, 0.1) is 4.88 Å². The molecule has 13 heavy (non-hydrogen) atoms. The van der Waals surface area contributed by atoms with Crippen molar-refractivity contribution in [2.75, 3.05) is 0 Å². The lowest BCUT2D eigenvalue weighted by Crippen LogP contribution is -1.90. The number of rotatable bonds is 2. The Balaban J connectivity index is 2.38. The van der Waals surface area contributed by atoms with Crippen LogP contribution in [0.5, 0.6) is 0 Å². The molecule has 0 spiro atoms. The molecule has 0 N–H and O–H groups in total. The molecule has 64 valence electrons. The number of carbonyl (C=O) groups excluding carboxylic acids is 1. The highest BCUT2D eigenvalue weighted by molar-refractivity contribution is 7.13. The first-order valence-electron chi connectivity index (χ1n) is 3.73. The fraction of sp³-hybridized carbons (Fsp3) is 0. The Morgan fingerprint density at radius 3 is 2.69 bits per heavy atom. The SMILES string of the molecule is O=Cc1ccc(-c2cccs2)nn1. The summed E-state index contributed by atoms with van der Waals surface area (Å²) in [7, 11) is 0. The molecule has 0 radical (unpaired) electrons. The predicted molar refractivity (Wildman–Crippen MR) is 50.7 cm³/mol. The van der Waals surface area contributed by atoms with E-state index in [1.54, 1.807) is 23.5 Å². The van der Waals surface area contributed by atoms with Crippen LogP contribution in [0.3, 0.4) is 0 Å². The Morgan fingerprint density at radius 1 is 1.23 bits per heavy atom. The van der Waals surface area contributed by atoms with Crippen molar-refractivity contribution in [3.8, 4) is 10.6 Å². The van der Waals surface area contributed by atoms with Gasteiger partial charge in [-0.25, -0.2) is 0 Å². The maximum Gasteiger partial charge on any atom is 0.170 e. The monoisotopic (exact) mass is 190 g/mol. The van der Waals surface area contributed by atoms with Gasteiger partial charge in [-0.15, -0.1) is 21.5 Å². The number of thiophene rings is 1. The Kier molecular flexibility index (Phi) is 2.14. The minimum absolute atomic E-state index is 0.361. The van der Waals surface area contributed by atoms with Crippen LogP contribution in [0.2, 0.25) is 0 Å². The van der Waals surface area contributed by atoms with Crippen LogP contribution in [0.15, 0.2) is 29.6 Å². The van der Waals surface area contributed by atoms with Crippen LogP contribution in [0.25, 0.3) is 10.6 Å². The van der Waals surface area contributed by atoms with Gasteiger partial charge in [-0.05, 0) is 23.6 Å². The van der Waals surface area contributed by atoms with E-state index in [0.717, 1.165) is 10.6 Å². The molecule has 0 atom stereocenters. The number of hydrogen-bond acceptors (Lipinski definition) is 4. The third-order valence-corrected chi connectivity index (χ3v) is 2.47. The lowest BCUT2D eigenvalue weighted by molar-refractivity contribution is 0.111. The van der Waals surface area contributed by atoms with E-state index in [0.29, 0.717) is 12.0 Å². The van der Waals surface area contributed by atoms with Gasteiger partial charge in [0.15, 0.2) is 6.29 Å². The van der Waals surface area contributed by atoms with Crippen LogP contribution in [0.4, 0.5) is 0 Å². The molecule has 2 rings (SSSR count). The topological polar surface area (TPSA) is 42.9 Å². The summed E-state index contributed by atoms with van der Waals surface area (Å²) in [6.07, 6.45) is 0.686.